The van der Waals surface area contributed by atoms with Crippen LogP contribution in [0.25, 0.3) is 0 Å². The van der Waals surface area contributed by atoms with Gasteiger partial charge in [-0.1, -0.05) is 24.3 Å². The SMILES string of the molecule is CNCCC(=O)Nc1ccc(NC(=O)CCNC)c2c1C(=O)c1ccccc1C2=O. The first-order valence-electron chi connectivity index (χ1n) is 9.72. The van der Waals surface area contributed by atoms with Crippen LogP contribution in [-0.4, -0.2) is 50.6 Å². The smallest absolute Gasteiger partial charge is 0.225 e. The van der Waals surface area contributed by atoms with Crippen LogP contribution in [0.1, 0.15) is 44.7 Å². The monoisotopic (exact) mass is 408 g/mol. The second kappa shape index (κ2) is 9.43. The molecule has 0 radical (unpaired) electrons. The van der Waals surface area contributed by atoms with E-state index in [9.17, 15) is 19.2 Å². The number of anilines is 2. The fraction of sp³-hybridized carbons (Fsp3) is 0.273. The van der Waals surface area contributed by atoms with Crippen LogP contribution in [0.5, 0.6) is 0 Å². The molecule has 2 amide bonds. The van der Waals surface area contributed by atoms with E-state index < -0.39 is 0 Å². The Morgan fingerprint density at radius 2 is 1.10 bits per heavy atom. The van der Waals surface area contributed by atoms with Crippen LogP contribution in [0.3, 0.4) is 0 Å². The Morgan fingerprint density at radius 3 is 1.47 bits per heavy atom. The van der Waals surface area contributed by atoms with Crippen LogP contribution in [-0.2, 0) is 9.59 Å². The van der Waals surface area contributed by atoms with Crippen molar-refractivity contribution >= 4 is 34.8 Å². The van der Waals surface area contributed by atoms with Gasteiger partial charge in [-0.15, -0.1) is 0 Å². The Balaban J connectivity index is 2.06. The van der Waals surface area contributed by atoms with Crippen molar-refractivity contribution in [2.75, 3.05) is 37.8 Å². The van der Waals surface area contributed by atoms with E-state index in [-0.39, 0.29) is 69.9 Å². The second-order valence-corrected chi connectivity index (χ2v) is 6.92. The number of carbonyl (C=O) groups excluding carboxylic acids is 4. The van der Waals surface area contributed by atoms with Gasteiger partial charge in [-0.3, -0.25) is 19.2 Å². The third-order valence-corrected chi connectivity index (χ3v) is 4.83. The molecule has 0 saturated heterocycles. The molecule has 0 atom stereocenters. The van der Waals surface area contributed by atoms with Gasteiger partial charge in [0.05, 0.1) is 22.5 Å². The van der Waals surface area contributed by atoms with Crippen LogP contribution in [0, 0.1) is 0 Å². The fourth-order valence-corrected chi connectivity index (χ4v) is 3.33. The van der Waals surface area contributed by atoms with Crippen LogP contribution in [0.2, 0.25) is 0 Å². The third kappa shape index (κ3) is 4.29. The van der Waals surface area contributed by atoms with Gasteiger partial charge in [0, 0.05) is 37.1 Å². The number of benzene rings is 2. The van der Waals surface area contributed by atoms with E-state index >= 15 is 0 Å². The zero-order valence-corrected chi connectivity index (χ0v) is 16.9. The van der Waals surface area contributed by atoms with Crippen LogP contribution < -0.4 is 21.3 Å². The molecule has 0 aliphatic heterocycles. The fourth-order valence-electron chi connectivity index (χ4n) is 3.33. The molecule has 30 heavy (non-hydrogen) atoms. The van der Waals surface area contributed by atoms with Gasteiger partial charge in [0.1, 0.15) is 0 Å². The lowest BCUT2D eigenvalue weighted by atomic mass is 9.82. The summed E-state index contributed by atoms with van der Waals surface area (Å²) >= 11 is 0. The number of ketones is 2. The van der Waals surface area contributed by atoms with Crippen LogP contribution >= 0.6 is 0 Å². The third-order valence-electron chi connectivity index (χ3n) is 4.83. The normalized spacial score (nSPS) is 12.2. The number of nitrogens with one attached hydrogen (secondary N) is 4. The molecular formula is C22H24N4O4. The highest BCUT2D eigenvalue weighted by Crippen LogP contribution is 2.36. The molecule has 1 aliphatic rings. The van der Waals surface area contributed by atoms with Gasteiger partial charge >= 0.3 is 0 Å². The van der Waals surface area contributed by atoms with Gasteiger partial charge in [-0.2, -0.15) is 0 Å². The summed E-state index contributed by atoms with van der Waals surface area (Å²) in [6, 6.07) is 9.63. The minimum Gasteiger partial charge on any atom is -0.325 e. The molecule has 8 heteroatoms. The Bertz CT molecular complexity index is 936. The molecule has 8 nitrogen and oxygen atoms in total. The molecule has 0 fully saturated rings. The van der Waals surface area contributed by atoms with Crippen molar-refractivity contribution in [3.05, 3.63) is 58.7 Å². The summed E-state index contributed by atoms with van der Waals surface area (Å²) in [5.41, 5.74) is 1.27. The summed E-state index contributed by atoms with van der Waals surface area (Å²) in [6.07, 6.45) is 0.430. The van der Waals surface area contributed by atoms with Crippen molar-refractivity contribution in [2.45, 2.75) is 12.8 Å². The maximum absolute atomic E-state index is 13.2. The van der Waals surface area contributed by atoms with E-state index in [1.807, 2.05) is 0 Å². The molecule has 0 bridgehead atoms. The minimum absolute atomic E-state index is 0.0999. The lowest BCUT2D eigenvalue weighted by molar-refractivity contribution is -0.117. The van der Waals surface area contributed by atoms with Gasteiger partial charge < -0.3 is 21.3 Å². The summed E-state index contributed by atoms with van der Waals surface area (Å²) in [7, 11) is 3.47. The van der Waals surface area contributed by atoms with Gasteiger partial charge in [0.15, 0.2) is 11.6 Å². The molecule has 0 unspecified atom stereocenters. The summed E-state index contributed by atoms with van der Waals surface area (Å²) in [5.74, 6) is -1.29. The van der Waals surface area contributed by atoms with Gasteiger partial charge in [0.2, 0.25) is 11.8 Å². The molecule has 0 aromatic heterocycles. The van der Waals surface area contributed by atoms with Crippen molar-refractivity contribution in [2.24, 2.45) is 0 Å². The van der Waals surface area contributed by atoms with Gasteiger partial charge in [-0.25, -0.2) is 0 Å². The standard InChI is InChI=1S/C22H24N4O4/c1-23-11-9-17(27)25-15-7-8-16(26-18(28)10-12-24-2)20-19(15)21(29)13-5-3-4-6-14(13)22(20)30/h3-8,23-24H,9-12H2,1-2H3,(H,25,27)(H,26,28). The molecule has 156 valence electrons. The van der Waals surface area contributed by atoms with E-state index in [0.717, 1.165) is 0 Å². The Kier molecular flexibility index (Phi) is 6.71. The zero-order chi connectivity index (χ0) is 21.7. The predicted octanol–water partition coefficient (Wildman–Crippen LogP) is 1.56. The van der Waals surface area contributed by atoms with Crippen molar-refractivity contribution < 1.29 is 19.2 Å². The number of fused-ring (bicyclic) bond motifs is 2. The molecule has 0 saturated carbocycles. The Labute approximate surface area is 174 Å². The average Bonchev–Trinajstić information content (AvgIpc) is 2.75. The molecule has 2 aromatic carbocycles. The average molecular weight is 408 g/mol. The summed E-state index contributed by atoms with van der Waals surface area (Å²) in [4.78, 5) is 51.0. The topological polar surface area (TPSA) is 116 Å². The zero-order valence-electron chi connectivity index (χ0n) is 16.9. The van der Waals surface area contributed by atoms with E-state index in [1.54, 1.807) is 50.5 Å². The highest BCUT2D eigenvalue weighted by Gasteiger charge is 2.34. The highest BCUT2D eigenvalue weighted by molar-refractivity contribution is 6.32. The van der Waals surface area contributed by atoms with E-state index in [1.165, 1.54) is 0 Å². The number of amides is 2. The quantitative estimate of drug-likeness (QED) is 0.450. The van der Waals surface area contributed by atoms with E-state index in [4.69, 9.17) is 0 Å². The van der Waals surface area contributed by atoms with Crippen molar-refractivity contribution in [3.8, 4) is 0 Å². The second-order valence-electron chi connectivity index (χ2n) is 6.92. The Morgan fingerprint density at radius 1 is 0.700 bits per heavy atom. The van der Waals surface area contributed by atoms with E-state index in [2.05, 4.69) is 21.3 Å². The number of hydrogen-bond donors (Lipinski definition) is 4. The molecular weight excluding hydrogens is 384 g/mol. The first kappa shape index (κ1) is 21.4. The van der Waals surface area contributed by atoms with E-state index in [0.29, 0.717) is 13.1 Å². The molecule has 1 aliphatic carbocycles. The lowest BCUT2D eigenvalue weighted by Gasteiger charge is -2.23. The van der Waals surface area contributed by atoms with Crippen molar-refractivity contribution in [1.29, 1.82) is 0 Å². The number of carbonyl (C=O) groups is 4. The largest absolute Gasteiger partial charge is 0.325 e. The first-order valence-corrected chi connectivity index (χ1v) is 9.72. The highest BCUT2D eigenvalue weighted by atomic mass is 16.2. The minimum atomic E-state index is -0.365. The van der Waals surface area contributed by atoms with Crippen LogP contribution in [0.4, 0.5) is 11.4 Å². The van der Waals surface area contributed by atoms with Gasteiger partial charge in [0.25, 0.3) is 0 Å². The summed E-state index contributed by atoms with van der Waals surface area (Å²) in [5, 5.41) is 11.2. The summed E-state index contributed by atoms with van der Waals surface area (Å²) in [6.45, 7) is 0.951. The molecule has 0 spiro atoms. The maximum Gasteiger partial charge on any atom is 0.225 e. The maximum atomic E-state index is 13.2. The molecule has 0 heterocycles. The predicted molar refractivity (Wildman–Crippen MR) is 114 cm³/mol. The summed E-state index contributed by atoms with van der Waals surface area (Å²) < 4.78 is 0. The first-order chi connectivity index (χ1) is 14.5. The van der Waals surface area contributed by atoms with Crippen LogP contribution in [0.15, 0.2) is 36.4 Å². The lowest BCUT2D eigenvalue weighted by Crippen LogP contribution is -2.27. The number of rotatable bonds is 8. The number of hydrogen-bond acceptors (Lipinski definition) is 6. The molecule has 4 N–H and O–H groups in total. The molecule has 2 aromatic rings. The van der Waals surface area contributed by atoms with Crippen molar-refractivity contribution in [1.82, 2.24) is 10.6 Å². The van der Waals surface area contributed by atoms with Gasteiger partial charge in [-0.05, 0) is 26.2 Å². The molecule has 3 rings (SSSR count). The Hall–Kier alpha value is -3.36. The van der Waals surface area contributed by atoms with Crippen molar-refractivity contribution in [3.63, 3.8) is 0 Å².